The highest BCUT2D eigenvalue weighted by molar-refractivity contribution is 5.41. The third-order valence-corrected chi connectivity index (χ3v) is 2.88. The van der Waals surface area contributed by atoms with E-state index in [4.69, 9.17) is 0 Å². The van der Waals surface area contributed by atoms with E-state index < -0.39 is 17.7 Å². The zero-order valence-electron chi connectivity index (χ0n) is 8.14. The normalized spacial score (nSPS) is 25.2. The van der Waals surface area contributed by atoms with Gasteiger partial charge in [-0.1, -0.05) is 6.92 Å². The molecule has 14 heavy (non-hydrogen) atoms. The Bertz CT molecular complexity index is 387. The number of fused-ring (bicyclic) bond motifs is 1. The smallest absolute Gasteiger partial charge is 0.132 e. The van der Waals surface area contributed by atoms with Crippen LogP contribution in [-0.4, -0.2) is 5.11 Å². The predicted molar refractivity (Wildman–Crippen MR) is 49.1 cm³/mol. The van der Waals surface area contributed by atoms with Gasteiger partial charge < -0.3 is 5.11 Å². The van der Waals surface area contributed by atoms with Crippen LogP contribution in [0.4, 0.5) is 8.78 Å². The number of halogens is 2. The molecule has 0 spiro atoms. The molecule has 1 N–H and O–H groups in total. The van der Waals surface area contributed by atoms with Crippen molar-refractivity contribution in [2.45, 2.75) is 32.3 Å². The van der Waals surface area contributed by atoms with Gasteiger partial charge in [-0.25, -0.2) is 8.78 Å². The Morgan fingerprint density at radius 3 is 2.64 bits per heavy atom. The third-order valence-electron chi connectivity index (χ3n) is 2.88. The van der Waals surface area contributed by atoms with Crippen molar-refractivity contribution in [1.82, 2.24) is 0 Å². The molecule has 2 atom stereocenters. The van der Waals surface area contributed by atoms with E-state index in [-0.39, 0.29) is 17.0 Å². The Hall–Kier alpha value is -0.960. The molecule has 2 rings (SSSR count). The number of rotatable bonds is 0. The first-order chi connectivity index (χ1) is 6.52. The first-order valence-corrected chi connectivity index (χ1v) is 4.68. The second-order valence-corrected chi connectivity index (χ2v) is 3.97. The molecule has 0 aliphatic heterocycles. The van der Waals surface area contributed by atoms with Gasteiger partial charge in [0, 0.05) is 5.56 Å². The number of hydrogen-bond acceptors (Lipinski definition) is 1. The van der Waals surface area contributed by atoms with E-state index >= 15 is 0 Å². The summed E-state index contributed by atoms with van der Waals surface area (Å²) in [6, 6.07) is 1.20. The van der Waals surface area contributed by atoms with Crippen LogP contribution in [0.15, 0.2) is 6.07 Å². The van der Waals surface area contributed by atoms with E-state index in [1.54, 1.807) is 6.92 Å². The van der Waals surface area contributed by atoms with Crippen molar-refractivity contribution in [3.05, 3.63) is 34.4 Å². The molecule has 0 heterocycles. The largest absolute Gasteiger partial charge is 0.388 e. The molecule has 76 valence electrons. The molecule has 2 unspecified atom stereocenters. The molecule has 0 bridgehead atoms. The van der Waals surface area contributed by atoms with Gasteiger partial charge in [-0.15, -0.1) is 0 Å². The number of aliphatic hydroxyl groups excluding tert-OH is 1. The molecule has 0 radical (unpaired) electrons. The lowest BCUT2D eigenvalue weighted by Crippen LogP contribution is -2.00. The summed E-state index contributed by atoms with van der Waals surface area (Å²) < 4.78 is 27.1. The van der Waals surface area contributed by atoms with E-state index in [1.807, 2.05) is 0 Å². The van der Waals surface area contributed by atoms with Crippen molar-refractivity contribution in [2.75, 3.05) is 0 Å². The average molecular weight is 198 g/mol. The van der Waals surface area contributed by atoms with E-state index in [1.165, 1.54) is 13.0 Å². The molecule has 1 aliphatic carbocycles. The van der Waals surface area contributed by atoms with Gasteiger partial charge in [-0.2, -0.15) is 0 Å². The van der Waals surface area contributed by atoms with E-state index in [0.717, 1.165) is 0 Å². The molecule has 1 aliphatic rings. The number of aliphatic hydroxyl groups is 1. The Balaban J connectivity index is 2.72. The van der Waals surface area contributed by atoms with E-state index in [0.29, 0.717) is 12.0 Å². The van der Waals surface area contributed by atoms with E-state index in [2.05, 4.69) is 0 Å². The van der Waals surface area contributed by atoms with Crippen molar-refractivity contribution >= 4 is 0 Å². The molecular formula is C11H12F2O. The summed E-state index contributed by atoms with van der Waals surface area (Å²) in [4.78, 5) is 0. The maximum absolute atomic E-state index is 13.6. The van der Waals surface area contributed by atoms with Gasteiger partial charge >= 0.3 is 0 Å². The second kappa shape index (κ2) is 3.02. The average Bonchev–Trinajstić information content (AvgIpc) is 2.38. The first-order valence-electron chi connectivity index (χ1n) is 4.68. The monoisotopic (exact) mass is 198 g/mol. The second-order valence-electron chi connectivity index (χ2n) is 3.97. The Labute approximate surface area is 81.4 Å². The third kappa shape index (κ3) is 1.16. The van der Waals surface area contributed by atoms with Gasteiger partial charge in [0.15, 0.2) is 0 Å². The first kappa shape index (κ1) is 9.59. The minimum absolute atomic E-state index is 0.102. The van der Waals surface area contributed by atoms with Crippen LogP contribution < -0.4 is 0 Å². The maximum atomic E-state index is 13.6. The van der Waals surface area contributed by atoms with Gasteiger partial charge in [0.25, 0.3) is 0 Å². The Morgan fingerprint density at radius 1 is 1.36 bits per heavy atom. The summed E-state index contributed by atoms with van der Waals surface area (Å²) in [5.74, 6) is -0.962. The van der Waals surface area contributed by atoms with E-state index in [9.17, 15) is 13.9 Å². The molecule has 0 fully saturated rings. The van der Waals surface area contributed by atoms with Gasteiger partial charge in [0.2, 0.25) is 0 Å². The lowest BCUT2D eigenvalue weighted by atomic mass is 10.0. The minimum atomic E-state index is -0.852. The van der Waals surface area contributed by atoms with Gasteiger partial charge in [0.05, 0.1) is 6.10 Å². The van der Waals surface area contributed by atoms with Crippen LogP contribution in [0.3, 0.4) is 0 Å². The van der Waals surface area contributed by atoms with Gasteiger partial charge in [-0.05, 0) is 36.5 Å². The fourth-order valence-electron chi connectivity index (χ4n) is 2.19. The van der Waals surface area contributed by atoms with Crippen molar-refractivity contribution in [3.8, 4) is 0 Å². The molecule has 0 saturated heterocycles. The summed E-state index contributed by atoms with van der Waals surface area (Å²) in [5, 5.41) is 9.57. The highest BCUT2D eigenvalue weighted by atomic mass is 19.1. The molecule has 3 heteroatoms. The van der Waals surface area contributed by atoms with Crippen LogP contribution in [0.5, 0.6) is 0 Å². The van der Waals surface area contributed by atoms with Crippen LogP contribution in [0.2, 0.25) is 0 Å². The van der Waals surface area contributed by atoms with Crippen molar-refractivity contribution in [1.29, 1.82) is 0 Å². The zero-order valence-corrected chi connectivity index (χ0v) is 8.14. The molecule has 0 saturated carbocycles. The van der Waals surface area contributed by atoms with Crippen LogP contribution in [0, 0.1) is 18.6 Å². The SMILES string of the molecule is Cc1cc(F)c2c(c1F)C(O)CC2C. The standard InChI is InChI=1S/C11H12F2O/c1-5-4-8(14)10-9(5)7(12)3-6(2)11(10)13/h3,5,8,14H,4H2,1-2H3. The Kier molecular flexibility index (Phi) is 2.07. The summed E-state index contributed by atoms with van der Waals surface area (Å²) in [6.07, 6.45) is -0.443. The van der Waals surface area contributed by atoms with Crippen molar-refractivity contribution < 1.29 is 13.9 Å². The Morgan fingerprint density at radius 2 is 2.00 bits per heavy atom. The lowest BCUT2D eigenvalue weighted by molar-refractivity contribution is 0.170. The quantitative estimate of drug-likeness (QED) is 0.679. The zero-order chi connectivity index (χ0) is 10.5. The maximum Gasteiger partial charge on any atom is 0.132 e. The highest BCUT2D eigenvalue weighted by Gasteiger charge is 2.33. The van der Waals surface area contributed by atoms with Crippen LogP contribution in [0.1, 0.15) is 42.1 Å². The number of benzene rings is 1. The fourth-order valence-corrected chi connectivity index (χ4v) is 2.19. The highest BCUT2D eigenvalue weighted by Crippen LogP contribution is 2.43. The predicted octanol–water partition coefficient (Wildman–Crippen LogP) is 2.81. The van der Waals surface area contributed by atoms with Crippen molar-refractivity contribution in [3.63, 3.8) is 0 Å². The van der Waals surface area contributed by atoms with Crippen LogP contribution in [-0.2, 0) is 0 Å². The summed E-state index contributed by atoms with van der Waals surface area (Å²) in [5.41, 5.74) is 0.769. The number of hydrogen-bond donors (Lipinski definition) is 1. The molecule has 1 aromatic carbocycles. The number of aryl methyl sites for hydroxylation is 1. The van der Waals surface area contributed by atoms with Gasteiger partial charge in [-0.3, -0.25) is 0 Å². The molecule has 1 nitrogen and oxygen atoms in total. The molecule has 1 aromatic rings. The van der Waals surface area contributed by atoms with Crippen molar-refractivity contribution in [2.24, 2.45) is 0 Å². The minimum Gasteiger partial charge on any atom is -0.388 e. The van der Waals surface area contributed by atoms with Crippen LogP contribution >= 0.6 is 0 Å². The topological polar surface area (TPSA) is 20.2 Å². The van der Waals surface area contributed by atoms with Crippen LogP contribution in [0.25, 0.3) is 0 Å². The molecule has 0 aromatic heterocycles. The summed E-state index contributed by atoms with van der Waals surface area (Å²) in [7, 11) is 0. The van der Waals surface area contributed by atoms with Gasteiger partial charge in [0.1, 0.15) is 11.6 Å². The lowest BCUT2D eigenvalue weighted by Gasteiger charge is -2.09. The summed E-state index contributed by atoms with van der Waals surface area (Å²) >= 11 is 0. The molecular weight excluding hydrogens is 186 g/mol. The summed E-state index contributed by atoms with van der Waals surface area (Å²) in [6.45, 7) is 3.31. The molecule has 0 amide bonds. The fraction of sp³-hybridized carbons (Fsp3) is 0.455.